The van der Waals surface area contributed by atoms with E-state index in [4.69, 9.17) is 9.47 Å². The molecule has 30 heavy (non-hydrogen) atoms. The lowest BCUT2D eigenvalue weighted by Gasteiger charge is -2.31. The quantitative estimate of drug-likeness (QED) is 0.396. The molecule has 2 aliphatic heterocycles. The number of piperidine rings is 2. The second-order valence-corrected chi connectivity index (χ2v) is 9.69. The van der Waals surface area contributed by atoms with Crippen molar-refractivity contribution in [1.82, 2.24) is 9.21 Å². The van der Waals surface area contributed by atoms with E-state index in [1.165, 1.54) is 37.9 Å². The fourth-order valence-electron chi connectivity index (χ4n) is 4.45. The van der Waals surface area contributed by atoms with Gasteiger partial charge >= 0.3 is 6.09 Å². The van der Waals surface area contributed by atoms with Crippen molar-refractivity contribution in [3.05, 3.63) is 29.8 Å². The third-order valence-corrected chi connectivity index (χ3v) is 7.18. The van der Waals surface area contributed by atoms with Crippen LogP contribution in [0.15, 0.2) is 24.3 Å². The van der Waals surface area contributed by atoms with E-state index < -0.39 is 0 Å². The van der Waals surface area contributed by atoms with Crippen molar-refractivity contribution in [3.8, 4) is 5.75 Å². The number of rotatable bonds is 8. The van der Waals surface area contributed by atoms with Crippen molar-refractivity contribution >= 4 is 18.0 Å². The van der Waals surface area contributed by atoms with Crippen LogP contribution < -0.4 is 4.74 Å². The molecule has 2 heterocycles. The Hall–Kier alpha value is -1.40. The first kappa shape index (κ1) is 23.3. The summed E-state index contributed by atoms with van der Waals surface area (Å²) in [7, 11) is 0. The first-order chi connectivity index (χ1) is 14.5. The van der Waals surface area contributed by atoms with E-state index in [0.29, 0.717) is 11.8 Å². The molecule has 0 unspecified atom stereocenters. The van der Waals surface area contributed by atoms with Crippen LogP contribution in [0.5, 0.6) is 5.75 Å². The van der Waals surface area contributed by atoms with Crippen LogP contribution in [0.2, 0.25) is 0 Å². The van der Waals surface area contributed by atoms with Gasteiger partial charge in [-0.25, -0.2) is 4.79 Å². The zero-order chi connectivity index (χ0) is 21.3. The van der Waals surface area contributed by atoms with Crippen LogP contribution in [0.25, 0.3) is 0 Å². The lowest BCUT2D eigenvalue weighted by atomic mass is 9.90. The van der Waals surface area contributed by atoms with Crippen molar-refractivity contribution in [2.75, 3.05) is 39.0 Å². The predicted molar refractivity (Wildman–Crippen MR) is 124 cm³/mol. The number of carbonyl (C=O) groups excluding carboxylic acids is 1. The molecule has 2 aliphatic rings. The highest BCUT2D eigenvalue weighted by Gasteiger charge is 2.24. The molecular formula is C24H38N2O3S. The van der Waals surface area contributed by atoms with Gasteiger partial charge in [-0.2, -0.15) is 0 Å². The fourth-order valence-corrected chi connectivity index (χ4v) is 5.03. The van der Waals surface area contributed by atoms with Gasteiger partial charge in [0, 0.05) is 26.2 Å². The first-order valence-corrected chi connectivity index (χ1v) is 12.7. The smallest absolute Gasteiger partial charge is 0.410 e. The van der Waals surface area contributed by atoms with Gasteiger partial charge in [-0.3, -0.25) is 4.31 Å². The summed E-state index contributed by atoms with van der Waals surface area (Å²) in [6.07, 6.45) is 8.81. The second-order valence-electron chi connectivity index (χ2n) is 8.81. The number of amides is 1. The molecule has 6 heteroatoms. The van der Waals surface area contributed by atoms with E-state index in [1.807, 2.05) is 30.7 Å². The van der Waals surface area contributed by atoms with E-state index in [1.54, 1.807) is 0 Å². The van der Waals surface area contributed by atoms with Crippen LogP contribution in [0.4, 0.5) is 4.79 Å². The molecule has 5 nitrogen and oxygen atoms in total. The minimum Gasteiger partial charge on any atom is -0.494 e. The number of hydrogen-bond acceptors (Lipinski definition) is 5. The van der Waals surface area contributed by atoms with Gasteiger partial charge in [0.15, 0.2) is 0 Å². The van der Waals surface area contributed by atoms with Crippen LogP contribution in [0.1, 0.15) is 63.9 Å². The minimum atomic E-state index is -0.162. The lowest BCUT2D eigenvalue weighted by Crippen LogP contribution is -2.39. The molecule has 0 aliphatic carbocycles. The Morgan fingerprint density at radius 3 is 2.33 bits per heavy atom. The van der Waals surface area contributed by atoms with Gasteiger partial charge in [0.2, 0.25) is 0 Å². The maximum Gasteiger partial charge on any atom is 0.410 e. The van der Waals surface area contributed by atoms with Gasteiger partial charge in [-0.1, -0.05) is 24.1 Å². The summed E-state index contributed by atoms with van der Waals surface area (Å²) in [4.78, 5) is 13.8. The van der Waals surface area contributed by atoms with Gasteiger partial charge in [0.05, 0.1) is 12.7 Å². The number of hydrogen-bond donors (Lipinski definition) is 0. The van der Waals surface area contributed by atoms with Crippen molar-refractivity contribution in [2.45, 2.75) is 64.4 Å². The molecule has 0 N–H and O–H groups in total. The fraction of sp³-hybridized carbons (Fsp3) is 0.708. The van der Waals surface area contributed by atoms with Gasteiger partial charge in [-0.15, -0.1) is 0 Å². The molecule has 0 bridgehead atoms. The Kier molecular flexibility index (Phi) is 9.19. The highest BCUT2D eigenvalue weighted by molar-refractivity contribution is 7.96. The molecule has 1 aromatic carbocycles. The molecule has 0 aromatic heterocycles. The van der Waals surface area contributed by atoms with Crippen LogP contribution in [-0.2, 0) is 4.74 Å². The summed E-state index contributed by atoms with van der Waals surface area (Å²) in [5, 5.41) is 0. The molecule has 0 spiro atoms. The van der Waals surface area contributed by atoms with Crippen molar-refractivity contribution < 1.29 is 14.3 Å². The average Bonchev–Trinajstić information content (AvgIpc) is 2.77. The summed E-state index contributed by atoms with van der Waals surface area (Å²) in [6.45, 7) is 8.55. The zero-order valence-electron chi connectivity index (χ0n) is 18.8. The molecule has 1 amide bonds. The van der Waals surface area contributed by atoms with Gasteiger partial charge in [0.25, 0.3) is 0 Å². The zero-order valence-corrected chi connectivity index (χ0v) is 19.7. The third kappa shape index (κ3) is 7.09. The Balaban J connectivity index is 1.30. The average molecular weight is 435 g/mol. The van der Waals surface area contributed by atoms with Gasteiger partial charge in [-0.05, 0) is 88.2 Å². The van der Waals surface area contributed by atoms with Gasteiger partial charge < -0.3 is 14.4 Å². The van der Waals surface area contributed by atoms with E-state index >= 15 is 0 Å². The summed E-state index contributed by atoms with van der Waals surface area (Å²) in [5.41, 5.74) is 1.45. The number of ether oxygens (including phenoxy) is 2. The SMILES string of the molecule is CSN1CCC(c2ccc(OCCCC3CCN(C(=O)OC(C)C)CC3)cc2)CC1. The molecular weight excluding hydrogens is 396 g/mol. The normalized spacial score (nSPS) is 19.3. The molecule has 1 aromatic rings. The third-order valence-electron chi connectivity index (χ3n) is 6.30. The predicted octanol–water partition coefficient (Wildman–Crippen LogP) is 5.56. The highest BCUT2D eigenvalue weighted by atomic mass is 32.2. The molecule has 2 saturated heterocycles. The van der Waals surface area contributed by atoms with Crippen molar-refractivity contribution in [1.29, 1.82) is 0 Å². The van der Waals surface area contributed by atoms with Crippen molar-refractivity contribution in [3.63, 3.8) is 0 Å². The number of nitrogens with zero attached hydrogens (tertiary/aromatic N) is 2. The van der Waals surface area contributed by atoms with E-state index in [2.05, 4.69) is 34.8 Å². The maximum absolute atomic E-state index is 12.0. The molecule has 0 atom stereocenters. The number of benzene rings is 1. The Morgan fingerprint density at radius 1 is 1.07 bits per heavy atom. The van der Waals surface area contributed by atoms with E-state index in [9.17, 15) is 4.79 Å². The highest BCUT2D eigenvalue weighted by Crippen LogP contribution is 2.31. The molecule has 0 radical (unpaired) electrons. The monoisotopic (exact) mass is 434 g/mol. The van der Waals surface area contributed by atoms with Crippen molar-refractivity contribution in [2.24, 2.45) is 5.92 Å². The summed E-state index contributed by atoms with van der Waals surface area (Å²) >= 11 is 1.86. The molecule has 168 valence electrons. The van der Waals surface area contributed by atoms with E-state index in [0.717, 1.165) is 44.7 Å². The summed E-state index contributed by atoms with van der Waals surface area (Å²) < 4.78 is 13.7. The van der Waals surface area contributed by atoms with Crippen LogP contribution in [-0.4, -0.2) is 60.4 Å². The Morgan fingerprint density at radius 2 is 1.73 bits per heavy atom. The Bertz CT molecular complexity index is 636. The van der Waals surface area contributed by atoms with Crippen LogP contribution >= 0.6 is 11.9 Å². The first-order valence-electron chi connectivity index (χ1n) is 11.5. The van der Waals surface area contributed by atoms with E-state index in [-0.39, 0.29) is 12.2 Å². The Labute approximate surface area is 186 Å². The molecule has 3 rings (SSSR count). The topological polar surface area (TPSA) is 42.0 Å². The largest absolute Gasteiger partial charge is 0.494 e. The number of likely N-dealkylation sites (tertiary alicyclic amines) is 1. The summed E-state index contributed by atoms with van der Waals surface area (Å²) in [6, 6.07) is 8.77. The lowest BCUT2D eigenvalue weighted by molar-refractivity contribution is 0.0643. The maximum atomic E-state index is 12.0. The molecule has 2 fully saturated rings. The van der Waals surface area contributed by atoms with Crippen LogP contribution in [0, 0.1) is 5.92 Å². The number of carbonyl (C=O) groups is 1. The molecule has 0 saturated carbocycles. The van der Waals surface area contributed by atoms with Crippen LogP contribution in [0.3, 0.4) is 0 Å². The minimum absolute atomic E-state index is 0.0466. The standard InChI is InChI=1S/C24H38N2O3S/c1-19(2)29-24(27)25-14-10-20(11-15-25)5-4-18-28-23-8-6-21(7-9-23)22-12-16-26(30-3)17-13-22/h6-9,19-20,22H,4-5,10-18H2,1-3H3. The summed E-state index contributed by atoms with van der Waals surface area (Å²) in [5.74, 6) is 2.35. The van der Waals surface area contributed by atoms with Gasteiger partial charge in [0.1, 0.15) is 5.75 Å². The second kappa shape index (κ2) is 11.8.